The van der Waals surface area contributed by atoms with Gasteiger partial charge in [-0.05, 0) is 47.3 Å². The molecule has 1 N–H and O–H groups in total. The van der Waals surface area contributed by atoms with E-state index in [1.807, 2.05) is 6.07 Å². The van der Waals surface area contributed by atoms with E-state index in [1.165, 1.54) is 0 Å². The molecule has 0 atom stereocenters. The fourth-order valence-corrected chi connectivity index (χ4v) is 2.79. The van der Waals surface area contributed by atoms with Crippen molar-refractivity contribution in [1.82, 2.24) is 0 Å². The Morgan fingerprint density at radius 1 is 1.22 bits per heavy atom. The summed E-state index contributed by atoms with van der Waals surface area (Å²) in [4.78, 5) is 0. The molecule has 18 heavy (non-hydrogen) atoms. The van der Waals surface area contributed by atoms with Gasteiger partial charge in [-0.2, -0.15) is 0 Å². The fourth-order valence-electron chi connectivity index (χ4n) is 2.27. The summed E-state index contributed by atoms with van der Waals surface area (Å²) in [6, 6.07) is 1.93. The zero-order valence-electron chi connectivity index (χ0n) is 11.2. The molecule has 100 valence electrons. The average Bonchev–Trinajstić information content (AvgIpc) is 2.27. The summed E-state index contributed by atoms with van der Waals surface area (Å²) in [5, 5.41) is 10.3. The SMILES string of the molecule is CC(C)c1c(C(C)(C)O)cc(Br)c2c1OCCO2. The first-order valence-electron chi connectivity index (χ1n) is 6.17. The lowest BCUT2D eigenvalue weighted by atomic mass is 9.87. The minimum atomic E-state index is -0.905. The van der Waals surface area contributed by atoms with E-state index in [9.17, 15) is 5.11 Å². The topological polar surface area (TPSA) is 38.7 Å². The Kier molecular flexibility index (Phi) is 3.60. The summed E-state index contributed by atoms with van der Waals surface area (Å²) >= 11 is 3.49. The molecule has 0 bridgehead atoms. The van der Waals surface area contributed by atoms with Gasteiger partial charge >= 0.3 is 0 Å². The van der Waals surface area contributed by atoms with E-state index < -0.39 is 5.60 Å². The van der Waals surface area contributed by atoms with E-state index in [4.69, 9.17) is 9.47 Å². The number of benzene rings is 1. The third-order valence-electron chi connectivity index (χ3n) is 3.04. The first kappa shape index (κ1) is 13.7. The largest absolute Gasteiger partial charge is 0.486 e. The Morgan fingerprint density at radius 2 is 1.78 bits per heavy atom. The average molecular weight is 315 g/mol. The highest BCUT2D eigenvalue weighted by Gasteiger charge is 2.30. The van der Waals surface area contributed by atoms with E-state index in [1.54, 1.807) is 13.8 Å². The van der Waals surface area contributed by atoms with Crippen LogP contribution in [-0.2, 0) is 5.60 Å². The standard InChI is InChI=1S/C14H19BrO3/c1-8(2)11-9(14(3,4)16)7-10(15)12-13(11)18-6-5-17-12/h7-8,16H,5-6H2,1-4H3. The molecule has 0 saturated carbocycles. The van der Waals surface area contributed by atoms with Crippen LogP contribution in [0.15, 0.2) is 10.5 Å². The molecule has 0 aliphatic carbocycles. The number of halogens is 1. The molecule has 1 aromatic rings. The molecule has 4 heteroatoms. The van der Waals surface area contributed by atoms with Crippen LogP contribution in [0.3, 0.4) is 0 Å². The number of fused-ring (bicyclic) bond motifs is 1. The van der Waals surface area contributed by atoms with E-state index >= 15 is 0 Å². The highest BCUT2D eigenvalue weighted by atomic mass is 79.9. The Hall–Kier alpha value is -0.740. The van der Waals surface area contributed by atoms with Crippen molar-refractivity contribution >= 4 is 15.9 Å². The molecular formula is C14H19BrO3. The molecule has 1 aromatic carbocycles. The van der Waals surface area contributed by atoms with Gasteiger partial charge in [0.25, 0.3) is 0 Å². The van der Waals surface area contributed by atoms with Crippen LogP contribution in [0.25, 0.3) is 0 Å². The first-order chi connectivity index (χ1) is 8.32. The van der Waals surface area contributed by atoms with Crippen LogP contribution in [0, 0.1) is 0 Å². The lowest BCUT2D eigenvalue weighted by molar-refractivity contribution is 0.0759. The van der Waals surface area contributed by atoms with Crippen LogP contribution in [-0.4, -0.2) is 18.3 Å². The molecule has 1 heterocycles. The van der Waals surface area contributed by atoms with Crippen LogP contribution in [0.1, 0.15) is 44.7 Å². The van der Waals surface area contributed by atoms with Gasteiger partial charge in [-0.15, -0.1) is 0 Å². The van der Waals surface area contributed by atoms with Crippen LogP contribution in [0.4, 0.5) is 0 Å². The molecule has 1 aliphatic rings. The molecule has 2 rings (SSSR count). The van der Waals surface area contributed by atoms with Gasteiger partial charge in [0.05, 0.1) is 10.1 Å². The van der Waals surface area contributed by atoms with Gasteiger partial charge in [0.2, 0.25) is 0 Å². The molecule has 0 saturated heterocycles. The van der Waals surface area contributed by atoms with Crippen LogP contribution >= 0.6 is 15.9 Å². The summed E-state index contributed by atoms with van der Waals surface area (Å²) in [5.41, 5.74) is 1.01. The van der Waals surface area contributed by atoms with Crippen molar-refractivity contribution in [3.63, 3.8) is 0 Å². The van der Waals surface area contributed by atoms with Gasteiger partial charge in [0.15, 0.2) is 11.5 Å². The number of aliphatic hydroxyl groups is 1. The zero-order valence-corrected chi connectivity index (χ0v) is 12.8. The minimum Gasteiger partial charge on any atom is -0.486 e. The Labute approximate surface area is 116 Å². The minimum absolute atomic E-state index is 0.259. The first-order valence-corrected chi connectivity index (χ1v) is 6.96. The third-order valence-corrected chi connectivity index (χ3v) is 3.63. The van der Waals surface area contributed by atoms with Crippen molar-refractivity contribution in [1.29, 1.82) is 0 Å². The van der Waals surface area contributed by atoms with E-state index in [0.717, 1.165) is 27.1 Å². The summed E-state index contributed by atoms with van der Waals surface area (Å²) in [5.74, 6) is 1.77. The molecule has 0 fully saturated rings. The van der Waals surface area contributed by atoms with Gasteiger partial charge in [-0.1, -0.05) is 13.8 Å². The summed E-state index contributed by atoms with van der Waals surface area (Å²) < 4.78 is 12.3. The number of rotatable bonds is 2. The second-order valence-electron chi connectivity index (χ2n) is 5.39. The molecule has 0 aromatic heterocycles. The molecular weight excluding hydrogens is 296 g/mol. The smallest absolute Gasteiger partial charge is 0.175 e. The maximum Gasteiger partial charge on any atom is 0.175 e. The monoisotopic (exact) mass is 314 g/mol. The van der Waals surface area contributed by atoms with E-state index in [2.05, 4.69) is 29.8 Å². The normalized spacial score (nSPS) is 15.1. The van der Waals surface area contributed by atoms with Gasteiger partial charge < -0.3 is 14.6 Å². The van der Waals surface area contributed by atoms with Gasteiger partial charge in [-0.25, -0.2) is 0 Å². The quantitative estimate of drug-likeness (QED) is 0.907. The van der Waals surface area contributed by atoms with Gasteiger partial charge in [0, 0.05) is 5.56 Å². The fraction of sp³-hybridized carbons (Fsp3) is 0.571. The third kappa shape index (κ3) is 2.36. The predicted octanol–water partition coefficient (Wildman–Crippen LogP) is 3.57. The Morgan fingerprint density at radius 3 is 2.28 bits per heavy atom. The van der Waals surface area contributed by atoms with Gasteiger partial charge in [0.1, 0.15) is 13.2 Å². The highest BCUT2D eigenvalue weighted by Crippen LogP contribution is 2.47. The molecule has 1 aliphatic heterocycles. The molecule has 0 spiro atoms. The Balaban J connectivity index is 2.72. The highest BCUT2D eigenvalue weighted by molar-refractivity contribution is 9.10. The lowest BCUT2D eigenvalue weighted by Crippen LogP contribution is -2.23. The Bertz CT molecular complexity index is 461. The molecule has 0 amide bonds. The van der Waals surface area contributed by atoms with Crippen molar-refractivity contribution < 1.29 is 14.6 Å². The number of hydrogen-bond donors (Lipinski definition) is 1. The maximum atomic E-state index is 10.3. The zero-order chi connectivity index (χ0) is 13.5. The van der Waals surface area contributed by atoms with Crippen LogP contribution in [0.5, 0.6) is 11.5 Å². The summed E-state index contributed by atoms with van der Waals surface area (Å²) in [6.45, 7) is 8.88. The summed E-state index contributed by atoms with van der Waals surface area (Å²) in [6.07, 6.45) is 0. The second kappa shape index (κ2) is 4.74. The molecule has 0 unspecified atom stereocenters. The summed E-state index contributed by atoms with van der Waals surface area (Å²) in [7, 11) is 0. The van der Waals surface area contributed by atoms with Crippen molar-refractivity contribution in [3.8, 4) is 11.5 Å². The van der Waals surface area contributed by atoms with Crippen molar-refractivity contribution in [2.75, 3.05) is 13.2 Å². The van der Waals surface area contributed by atoms with Crippen LogP contribution in [0.2, 0.25) is 0 Å². The van der Waals surface area contributed by atoms with Gasteiger partial charge in [-0.3, -0.25) is 0 Å². The predicted molar refractivity (Wildman–Crippen MR) is 74.5 cm³/mol. The van der Waals surface area contributed by atoms with E-state index in [-0.39, 0.29) is 5.92 Å². The second-order valence-corrected chi connectivity index (χ2v) is 6.24. The number of ether oxygens (including phenoxy) is 2. The number of hydrogen-bond acceptors (Lipinski definition) is 3. The lowest BCUT2D eigenvalue weighted by Gasteiger charge is -2.30. The molecule has 0 radical (unpaired) electrons. The van der Waals surface area contributed by atoms with Crippen molar-refractivity contribution in [3.05, 3.63) is 21.7 Å². The maximum absolute atomic E-state index is 10.3. The molecule has 3 nitrogen and oxygen atoms in total. The van der Waals surface area contributed by atoms with E-state index in [0.29, 0.717) is 13.2 Å². The van der Waals surface area contributed by atoms with Crippen molar-refractivity contribution in [2.45, 2.75) is 39.2 Å². The van der Waals surface area contributed by atoms with Crippen molar-refractivity contribution in [2.24, 2.45) is 0 Å². The van der Waals surface area contributed by atoms with Crippen LogP contribution < -0.4 is 9.47 Å².